The zero-order valence-electron chi connectivity index (χ0n) is 25.9. The van der Waals surface area contributed by atoms with Crippen LogP contribution in [0.5, 0.6) is 11.8 Å². The summed E-state index contributed by atoms with van der Waals surface area (Å²) < 4.78 is 51.7. The molecule has 0 amide bonds. The number of nitrogens with zero attached hydrogens (tertiary/aromatic N) is 6. The van der Waals surface area contributed by atoms with Crippen molar-refractivity contribution in [3.63, 3.8) is 0 Å². The van der Waals surface area contributed by atoms with Gasteiger partial charge in [-0.2, -0.15) is 9.97 Å². The normalized spacial score (nSPS) is 25.2. The van der Waals surface area contributed by atoms with Crippen LogP contribution in [0, 0.1) is 29.4 Å². The summed E-state index contributed by atoms with van der Waals surface area (Å²) in [4.78, 5) is 21.1. The highest BCUT2D eigenvalue weighted by molar-refractivity contribution is 6.03. The second-order valence-electron chi connectivity index (χ2n) is 14.2. The Balaban J connectivity index is 1.12. The fraction of sp³-hybridized carbons (Fsp3) is 0.472. The summed E-state index contributed by atoms with van der Waals surface area (Å²) in [7, 11) is 0. The number of rotatable bonds is 7. The first-order chi connectivity index (χ1) is 22.8. The lowest BCUT2D eigenvalue weighted by Gasteiger charge is -2.66. The Bertz CT molecular complexity index is 1950. The number of phenolic OH excluding ortho intramolecular Hbond substituents is 1. The quantitative estimate of drug-likeness (QED) is 0.268. The van der Waals surface area contributed by atoms with Crippen LogP contribution in [0.15, 0.2) is 30.5 Å². The van der Waals surface area contributed by atoms with Gasteiger partial charge in [0.05, 0.1) is 17.6 Å². The number of hydrogen-bond donors (Lipinski definition) is 1. The summed E-state index contributed by atoms with van der Waals surface area (Å²) in [5.74, 6) is 1.50. The Morgan fingerprint density at radius 2 is 1.81 bits per heavy atom. The number of likely N-dealkylation sites (tertiary alicyclic amines) is 1. The molecule has 2 aromatic carbocycles. The predicted octanol–water partition coefficient (Wildman–Crippen LogP) is 5.44. The number of phenols is 1. The predicted molar refractivity (Wildman–Crippen MR) is 172 cm³/mol. The number of halogens is 3. The molecule has 2 atom stereocenters. The van der Waals surface area contributed by atoms with Gasteiger partial charge in [-0.15, -0.1) is 6.42 Å². The number of terminal acetylenes is 1. The molecule has 1 N–H and O–H groups in total. The summed E-state index contributed by atoms with van der Waals surface area (Å²) in [6.07, 6.45) is 11.9. The van der Waals surface area contributed by atoms with E-state index in [1.54, 1.807) is 6.20 Å². The number of anilines is 1. The van der Waals surface area contributed by atoms with E-state index < -0.39 is 17.8 Å². The number of ether oxygens (including phenoxy) is 1. The molecular weight excluding hydrogens is 605 g/mol. The zero-order chi connectivity index (χ0) is 32.0. The molecule has 5 aliphatic rings. The molecule has 2 unspecified atom stereocenters. The van der Waals surface area contributed by atoms with Gasteiger partial charge in [0.25, 0.3) is 0 Å². The first kappa shape index (κ1) is 29.0. The number of alkyl halides is 1. The minimum absolute atomic E-state index is 0.0335. The molecule has 47 heavy (non-hydrogen) atoms. The number of pyridine rings is 1. The highest BCUT2D eigenvalue weighted by atomic mass is 19.1. The lowest BCUT2D eigenvalue weighted by molar-refractivity contribution is -0.126. The van der Waals surface area contributed by atoms with Crippen molar-refractivity contribution in [1.82, 2.24) is 24.8 Å². The first-order valence-corrected chi connectivity index (χ1v) is 16.6. The van der Waals surface area contributed by atoms with E-state index in [4.69, 9.17) is 16.1 Å². The number of benzene rings is 2. The number of aromatic nitrogens is 3. The van der Waals surface area contributed by atoms with Gasteiger partial charge in [0.2, 0.25) is 0 Å². The lowest BCUT2D eigenvalue weighted by atomic mass is 9.74. The van der Waals surface area contributed by atoms with Crippen molar-refractivity contribution in [2.45, 2.75) is 62.8 Å². The van der Waals surface area contributed by atoms with Crippen molar-refractivity contribution in [2.75, 3.05) is 44.2 Å². The third kappa shape index (κ3) is 4.79. The summed E-state index contributed by atoms with van der Waals surface area (Å²) in [6, 6.07) is 7.21. The molecule has 9 rings (SSSR count). The fourth-order valence-corrected chi connectivity index (χ4v) is 8.47. The Hall–Kier alpha value is -4.14. The Kier molecular flexibility index (Phi) is 6.60. The summed E-state index contributed by atoms with van der Waals surface area (Å²) >= 11 is 0. The molecule has 6 heterocycles. The average molecular weight is 641 g/mol. The van der Waals surface area contributed by atoms with Gasteiger partial charge in [-0.3, -0.25) is 9.88 Å². The molecule has 242 valence electrons. The zero-order valence-corrected chi connectivity index (χ0v) is 25.9. The second-order valence-corrected chi connectivity index (χ2v) is 14.2. The van der Waals surface area contributed by atoms with Crippen molar-refractivity contribution in [3.8, 4) is 35.4 Å². The van der Waals surface area contributed by atoms with E-state index in [0.29, 0.717) is 54.2 Å². The minimum Gasteiger partial charge on any atom is -0.508 e. The van der Waals surface area contributed by atoms with Gasteiger partial charge in [0, 0.05) is 73.4 Å². The third-order valence-electron chi connectivity index (χ3n) is 11.2. The maximum absolute atomic E-state index is 16.8. The van der Waals surface area contributed by atoms with Gasteiger partial charge in [-0.1, -0.05) is 12.0 Å². The van der Waals surface area contributed by atoms with Gasteiger partial charge < -0.3 is 19.6 Å². The molecular formula is C36H35F3N6O2. The van der Waals surface area contributed by atoms with Crippen LogP contribution in [0.1, 0.15) is 44.1 Å². The van der Waals surface area contributed by atoms with E-state index in [2.05, 4.69) is 30.6 Å². The maximum Gasteiger partial charge on any atom is 0.319 e. The molecule has 5 fully saturated rings. The van der Waals surface area contributed by atoms with Crippen molar-refractivity contribution < 1.29 is 23.0 Å². The van der Waals surface area contributed by atoms with E-state index in [9.17, 15) is 13.9 Å². The Morgan fingerprint density at radius 1 is 1.04 bits per heavy atom. The number of piperidine rings is 2. The summed E-state index contributed by atoms with van der Waals surface area (Å²) in [5.41, 5.74) is 0.0262. The molecule has 0 radical (unpaired) electrons. The van der Waals surface area contributed by atoms with Gasteiger partial charge >= 0.3 is 6.01 Å². The first-order valence-electron chi connectivity index (χ1n) is 16.6. The van der Waals surface area contributed by atoms with Gasteiger partial charge in [-0.05, 0) is 62.1 Å². The number of hydrogen-bond acceptors (Lipinski definition) is 8. The van der Waals surface area contributed by atoms with Crippen LogP contribution in [-0.4, -0.2) is 93.5 Å². The largest absolute Gasteiger partial charge is 0.508 e. The fourth-order valence-electron chi connectivity index (χ4n) is 8.47. The number of fused-ring (bicyclic) bond motifs is 2. The molecule has 0 bridgehead atoms. The van der Waals surface area contributed by atoms with Gasteiger partial charge in [0.15, 0.2) is 5.82 Å². The molecule has 4 saturated heterocycles. The monoisotopic (exact) mass is 640 g/mol. The average Bonchev–Trinajstić information content (AvgIpc) is 3.81. The lowest BCUT2D eigenvalue weighted by Crippen LogP contribution is -2.77. The topological polar surface area (TPSA) is 77.9 Å². The van der Waals surface area contributed by atoms with Gasteiger partial charge in [0.1, 0.15) is 34.8 Å². The number of piperazine rings is 1. The molecule has 11 heteroatoms. The molecule has 0 spiro atoms. The summed E-state index contributed by atoms with van der Waals surface area (Å²) in [5, 5.41) is 11.8. The Labute approximate surface area is 270 Å². The highest BCUT2D eigenvalue weighted by Crippen LogP contribution is 2.48. The molecule has 4 aromatic rings. The van der Waals surface area contributed by atoms with Crippen LogP contribution >= 0.6 is 0 Å². The SMILES string of the molecule is C#Cc1c(F)ccc2cc(O)cc(-c3ncc4c(N5CC6CC7CC(C5)N76)nc(OCC5(CN6CCC(F)CC6)CC5)nc4c3F)c12. The highest BCUT2D eigenvalue weighted by Gasteiger charge is 2.55. The molecule has 2 aromatic heterocycles. The van der Waals surface area contributed by atoms with E-state index in [1.165, 1.54) is 24.3 Å². The van der Waals surface area contributed by atoms with E-state index in [1.807, 2.05) is 0 Å². The van der Waals surface area contributed by atoms with Crippen molar-refractivity contribution in [3.05, 3.63) is 47.7 Å². The standard InChI is InChI=1S/C36H35F3N6O2/c1-2-26-29(38)4-3-20-11-25(46)14-27(30(20)26)32-31(39)33-28(15-40-32)34(44-16-23-12-22-13-24(17-44)45(22)23)42-35(41-33)47-19-36(7-8-36)18-43-9-5-21(37)6-10-43/h1,3-4,11,14-15,21-24,46H,5-10,12-13,16-19H2. The van der Waals surface area contributed by atoms with Crippen LogP contribution in [0.25, 0.3) is 32.9 Å². The third-order valence-corrected chi connectivity index (χ3v) is 11.2. The van der Waals surface area contributed by atoms with Crippen molar-refractivity contribution in [2.24, 2.45) is 5.41 Å². The number of aromatic hydroxyl groups is 1. The molecule has 1 aliphatic carbocycles. The molecule has 4 aliphatic heterocycles. The smallest absolute Gasteiger partial charge is 0.319 e. The van der Waals surface area contributed by atoms with Crippen LogP contribution in [0.2, 0.25) is 0 Å². The van der Waals surface area contributed by atoms with Crippen LogP contribution in [-0.2, 0) is 0 Å². The molecule has 1 saturated carbocycles. The van der Waals surface area contributed by atoms with Crippen molar-refractivity contribution >= 4 is 27.5 Å². The van der Waals surface area contributed by atoms with E-state index in [-0.39, 0.29) is 44.9 Å². The molecule has 8 nitrogen and oxygen atoms in total. The van der Waals surface area contributed by atoms with Crippen molar-refractivity contribution in [1.29, 1.82) is 0 Å². The summed E-state index contributed by atoms with van der Waals surface area (Å²) in [6.45, 7) is 4.25. The van der Waals surface area contributed by atoms with Crippen LogP contribution < -0.4 is 9.64 Å². The Morgan fingerprint density at radius 3 is 2.51 bits per heavy atom. The van der Waals surface area contributed by atoms with E-state index in [0.717, 1.165) is 58.4 Å². The van der Waals surface area contributed by atoms with Crippen LogP contribution in [0.3, 0.4) is 0 Å². The maximum atomic E-state index is 16.8. The van der Waals surface area contributed by atoms with Crippen LogP contribution in [0.4, 0.5) is 19.0 Å². The van der Waals surface area contributed by atoms with Gasteiger partial charge in [-0.25, -0.2) is 13.2 Å². The minimum atomic E-state index is -0.726. The second kappa shape index (κ2) is 10.7. The van der Waals surface area contributed by atoms with E-state index >= 15 is 4.39 Å².